The molecule has 0 bridgehead atoms. The molecule has 1 aromatic carbocycles. The summed E-state index contributed by atoms with van der Waals surface area (Å²) in [5, 5.41) is 5.62. The number of nitrogens with one attached hydrogen (secondary N) is 2. The summed E-state index contributed by atoms with van der Waals surface area (Å²) in [5.41, 5.74) is 0.857. The van der Waals surface area contributed by atoms with E-state index < -0.39 is 30.7 Å². The fourth-order valence-corrected chi connectivity index (χ4v) is 5.96. The Bertz CT molecular complexity index is 1510. The molecule has 1 aliphatic rings. The Labute approximate surface area is 205 Å². The lowest BCUT2D eigenvalue weighted by atomic mass is 9.99. The van der Waals surface area contributed by atoms with Crippen molar-refractivity contribution in [3.05, 3.63) is 84.6 Å². The Hall–Kier alpha value is -4.12. The lowest BCUT2D eigenvalue weighted by molar-refractivity contribution is 0.433. The molecule has 0 fully saturated rings. The summed E-state index contributed by atoms with van der Waals surface area (Å²) in [5.74, 6) is 0.342. The topological polar surface area (TPSA) is 210 Å². The van der Waals surface area contributed by atoms with Crippen molar-refractivity contribution in [1.82, 2.24) is 29.9 Å². The third-order valence-corrected chi connectivity index (χ3v) is 8.73. The predicted octanol–water partition coefficient (Wildman–Crippen LogP) is 1.61. The van der Waals surface area contributed by atoms with Crippen LogP contribution in [0, 0.1) is 0 Å². The van der Waals surface area contributed by atoms with E-state index >= 15 is 0 Å². The predicted molar refractivity (Wildman–Crippen MR) is 129 cm³/mol. The number of hydrogen-bond donors (Lipinski definition) is 4. The van der Waals surface area contributed by atoms with E-state index in [0.29, 0.717) is 17.2 Å². The van der Waals surface area contributed by atoms with Crippen molar-refractivity contribution in [2.24, 2.45) is 0 Å². The van der Waals surface area contributed by atoms with Crippen LogP contribution in [-0.4, -0.2) is 59.9 Å². The summed E-state index contributed by atoms with van der Waals surface area (Å²) < 4.78 is 66.6. The van der Waals surface area contributed by atoms with Crippen molar-refractivity contribution in [2.75, 3.05) is 10.6 Å². The van der Waals surface area contributed by atoms with Crippen LogP contribution in [0.15, 0.2) is 79.1 Å². The van der Waals surface area contributed by atoms with Gasteiger partial charge < -0.3 is 10.6 Å². The molecule has 0 atom stereocenters. The SMILES string of the molecule is O=S(=O)(O)C1(S(=O)(=O)O)CC(Nc2ncncn2)=CC=C1C=Cc1ccc(Nc2ncncn2)cc1. The molecular formula is C20H18N8O6S2. The van der Waals surface area contributed by atoms with Gasteiger partial charge in [-0.3, -0.25) is 9.11 Å². The Morgan fingerprint density at radius 2 is 1.28 bits per heavy atom. The third kappa shape index (κ3) is 5.25. The van der Waals surface area contributed by atoms with Gasteiger partial charge in [-0.05, 0) is 29.3 Å². The Morgan fingerprint density at radius 1 is 0.750 bits per heavy atom. The first kappa shape index (κ1) is 25.0. The first-order valence-corrected chi connectivity index (χ1v) is 12.9. The second-order valence-corrected chi connectivity index (χ2v) is 10.9. The standard InChI is InChI=1S/C20H18N8O6S2/c29-35(30,31)20(36(32,33)34)9-17(28-19-25-12-22-13-26-19)8-5-15(20)4-1-14-2-6-16(7-3-14)27-18-23-10-21-11-24-18/h1-8,10-13H,9H2,(H,29,30,31)(H,32,33,34)(H,21,23,24,27)(H,22,25,26,28). The molecule has 0 aliphatic heterocycles. The molecule has 2 heterocycles. The van der Waals surface area contributed by atoms with Crippen LogP contribution >= 0.6 is 0 Å². The summed E-state index contributed by atoms with van der Waals surface area (Å²) >= 11 is 0. The van der Waals surface area contributed by atoms with Crippen LogP contribution in [0.25, 0.3) is 6.08 Å². The molecule has 186 valence electrons. The first-order chi connectivity index (χ1) is 17.1. The smallest absolute Gasteiger partial charge is 0.292 e. The van der Waals surface area contributed by atoms with Crippen LogP contribution < -0.4 is 10.6 Å². The Balaban J connectivity index is 1.66. The molecule has 4 N–H and O–H groups in total. The number of benzene rings is 1. The van der Waals surface area contributed by atoms with Gasteiger partial charge in [-0.25, -0.2) is 29.9 Å². The second-order valence-electron chi connectivity index (χ2n) is 7.32. The van der Waals surface area contributed by atoms with Crippen molar-refractivity contribution in [3.8, 4) is 0 Å². The van der Waals surface area contributed by atoms with E-state index in [1.54, 1.807) is 24.3 Å². The summed E-state index contributed by atoms with van der Waals surface area (Å²) in [6, 6.07) is 6.70. The van der Waals surface area contributed by atoms with Gasteiger partial charge in [0.05, 0.1) is 0 Å². The van der Waals surface area contributed by atoms with E-state index in [9.17, 15) is 25.9 Å². The molecule has 14 nitrogen and oxygen atoms in total. The summed E-state index contributed by atoms with van der Waals surface area (Å²) in [4.78, 5) is 22.9. The zero-order chi connectivity index (χ0) is 25.8. The number of aromatic nitrogens is 6. The second kappa shape index (κ2) is 9.86. The summed E-state index contributed by atoms with van der Waals surface area (Å²) in [6.07, 6.45) is 9.34. The van der Waals surface area contributed by atoms with Gasteiger partial charge in [0, 0.05) is 17.8 Å². The van der Waals surface area contributed by atoms with Crippen molar-refractivity contribution in [1.29, 1.82) is 0 Å². The highest BCUT2D eigenvalue weighted by Gasteiger charge is 2.58. The fourth-order valence-electron chi connectivity index (χ4n) is 3.35. The summed E-state index contributed by atoms with van der Waals surface area (Å²) in [6.45, 7) is 0. The molecular weight excluding hydrogens is 512 g/mol. The number of hydrogen-bond acceptors (Lipinski definition) is 12. The zero-order valence-electron chi connectivity index (χ0n) is 18.2. The number of allylic oxidation sites excluding steroid dienone is 4. The van der Waals surface area contributed by atoms with Gasteiger partial charge >= 0.3 is 0 Å². The minimum absolute atomic E-state index is 0.00841. The van der Waals surface area contributed by atoms with Crippen molar-refractivity contribution < 1.29 is 25.9 Å². The van der Waals surface area contributed by atoms with E-state index in [4.69, 9.17) is 0 Å². The Morgan fingerprint density at radius 3 is 1.81 bits per heavy atom. The molecule has 0 saturated carbocycles. The molecule has 16 heteroatoms. The maximum Gasteiger partial charge on any atom is 0.292 e. The van der Waals surface area contributed by atoms with E-state index in [1.165, 1.54) is 43.5 Å². The largest absolute Gasteiger partial charge is 0.328 e. The molecule has 4 rings (SSSR count). The highest BCUT2D eigenvalue weighted by molar-refractivity contribution is 8.05. The zero-order valence-corrected chi connectivity index (χ0v) is 19.8. The molecule has 0 radical (unpaired) electrons. The first-order valence-electron chi connectivity index (χ1n) is 10.00. The molecule has 0 spiro atoms. The molecule has 36 heavy (non-hydrogen) atoms. The minimum Gasteiger partial charge on any atom is -0.328 e. The van der Waals surface area contributed by atoms with Gasteiger partial charge in [0.2, 0.25) is 11.9 Å². The van der Waals surface area contributed by atoms with Gasteiger partial charge in [-0.2, -0.15) is 16.8 Å². The van der Waals surface area contributed by atoms with Crippen LogP contribution in [0.4, 0.5) is 17.6 Å². The average Bonchev–Trinajstić information content (AvgIpc) is 2.84. The van der Waals surface area contributed by atoms with Crippen LogP contribution in [-0.2, 0) is 20.2 Å². The van der Waals surface area contributed by atoms with E-state index in [2.05, 4.69) is 40.5 Å². The molecule has 0 unspecified atom stereocenters. The molecule has 0 amide bonds. The fraction of sp³-hybridized carbons (Fsp3) is 0.100. The lowest BCUT2D eigenvalue weighted by Gasteiger charge is -2.32. The lowest BCUT2D eigenvalue weighted by Crippen LogP contribution is -2.49. The number of nitrogens with zero attached hydrogens (tertiary/aromatic N) is 6. The van der Waals surface area contributed by atoms with Gasteiger partial charge in [0.15, 0.2) is 0 Å². The van der Waals surface area contributed by atoms with Crippen LogP contribution in [0.5, 0.6) is 0 Å². The average molecular weight is 531 g/mol. The quantitative estimate of drug-likeness (QED) is 0.305. The number of rotatable bonds is 8. The van der Waals surface area contributed by atoms with Crippen LogP contribution in [0.3, 0.4) is 0 Å². The molecule has 3 aromatic rings. The van der Waals surface area contributed by atoms with Crippen LogP contribution in [0.2, 0.25) is 0 Å². The maximum atomic E-state index is 12.4. The monoisotopic (exact) mass is 530 g/mol. The van der Waals surface area contributed by atoms with Gasteiger partial charge in [0.1, 0.15) is 25.3 Å². The van der Waals surface area contributed by atoms with Gasteiger partial charge in [-0.15, -0.1) is 0 Å². The maximum absolute atomic E-state index is 12.4. The minimum atomic E-state index is -5.39. The highest BCUT2D eigenvalue weighted by atomic mass is 32.3. The highest BCUT2D eigenvalue weighted by Crippen LogP contribution is 2.41. The van der Waals surface area contributed by atoms with E-state index in [-0.39, 0.29) is 17.2 Å². The van der Waals surface area contributed by atoms with E-state index in [1.807, 2.05) is 0 Å². The van der Waals surface area contributed by atoms with Gasteiger partial charge in [-0.1, -0.05) is 30.4 Å². The normalized spacial score (nSPS) is 15.7. The Kier molecular flexibility index (Phi) is 6.84. The van der Waals surface area contributed by atoms with E-state index in [0.717, 1.165) is 6.08 Å². The summed E-state index contributed by atoms with van der Waals surface area (Å²) in [7, 11) is -10.8. The molecule has 2 aromatic heterocycles. The molecule has 0 saturated heterocycles. The number of anilines is 3. The van der Waals surface area contributed by atoms with Crippen LogP contribution in [0.1, 0.15) is 12.0 Å². The molecule has 1 aliphatic carbocycles. The van der Waals surface area contributed by atoms with Crippen molar-refractivity contribution in [3.63, 3.8) is 0 Å². The third-order valence-electron chi connectivity index (χ3n) is 5.04. The van der Waals surface area contributed by atoms with Crippen molar-refractivity contribution in [2.45, 2.75) is 10.5 Å². The van der Waals surface area contributed by atoms with Crippen molar-refractivity contribution >= 4 is 43.9 Å². The van der Waals surface area contributed by atoms with Gasteiger partial charge in [0.25, 0.3) is 24.3 Å².